The third-order valence-electron chi connectivity index (χ3n) is 1.21. The standard InChI is InChI=1S/2C6H5.BrH.ClH.2Mg/c2*1-2-4-6-5-3-1;;;;/h2*1-5H;2*1H;;/q2*-1;;;2*+2/p-2. The summed E-state index contributed by atoms with van der Waals surface area (Å²) in [6.45, 7) is 0. The van der Waals surface area contributed by atoms with Crippen molar-refractivity contribution in [1.82, 2.24) is 0 Å². The van der Waals surface area contributed by atoms with Gasteiger partial charge < -0.3 is 29.4 Å². The van der Waals surface area contributed by atoms with Gasteiger partial charge in [-0.2, -0.15) is 72.8 Å². The first-order valence-electron chi connectivity index (χ1n) is 3.82. The maximum Gasteiger partial charge on any atom is 2.00 e. The quantitative estimate of drug-likeness (QED) is 0.346. The van der Waals surface area contributed by atoms with Crippen LogP contribution < -0.4 is 29.4 Å². The molecule has 0 spiro atoms. The van der Waals surface area contributed by atoms with E-state index in [0.717, 1.165) is 0 Å². The number of hydrogen-bond acceptors (Lipinski definition) is 0. The molecule has 2 aromatic carbocycles. The van der Waals surface area contributed by atoms with E-state index in [4.69, 9.17) is 0 Å². The van der Waals surface area contributed by atoms with Gasteiger partial charge in [-0.1, -0.05) is 0 Å². The van der Waals surface area contributed by atoms with Gasteiger partial charge in [-0.3, -0.25) is 0 Å². The molecule has 2 aromatic rings. The molecule has 0 aliphatic heterocycles. The third-order valence-corrected chi connectivity index (χ3v) is 1.21. The van der Waals surface area contributed by atoms with Gasteiger partial charge >= 0.3 is 46.1 Å². The summed E-state index contributed by atoms with van der Waals surface area (Å²) >= 11 is 0. The SMILES string of the molecule is [Br-].[Cl-].[Mg+2].[Mg+2].[c-]1ccccc1.[c-]1ccccc1. The molecule has 76 valence electrons. The first-order chi connectivity index (χ1) is 6.00. The van der Waals surface area contributed by atoms with Gasteiger partial charge in [0.05, 0.1) is 0 Å². The van der Waals surface area contributed by atoms with Gasteiger partial charge in [0.1, 0.15) is 0 Å². The molecule has 2 rings (SSSR count). The van der Waals surface area contributed by atoms with Crippen molar-refractivity contribution in [2.24, 2.45) is 0 Å². The second-order valence-corrected chi connectivity index (χ2v) is 2.15. The van der Waals surface area contributed by atoms with E-state index in [2.05, 4.69) is 12.1 Å². The average Bonchev–Trinajstić information content (AvgIpc) is 2.24. The summed E-state index contributed by atoms with van der Waals surface area (Å²) in [6.07, 6.45) is 0. The van der Waals surface area contributed by atoms with Crippen molar-refractivity contribution in [1.29, 1.82) is 0 Å². The van der Waals surface area contributed by atoms with Crippen molar-refractivity contribution >= 4 is 46.1 Å². The van der Waals surface area contributed by atoms with Gasteiger partial charge in [0.15, 0.2) is 0 Å². The van der Waals surface area contributed by atoms with E-state index in [0.29, 0.717) is 0 Å². The zero-order valence-electron chi connectivity index (χ0n) is 8.94. The zero-order chi connectivity index (χ0) is 8.49. The second kappa shape index (κ2) is 21.1. The molecule has 0 N–H and O–H groups in total. The first-order valence-corrected chi connectivity index (χ1v) is 3.82. The Balaban J connectivity index is -0.0000000720. The monoisotopic (exact) mass is 316 g/mol. The minimum absolute atomic E-state index is 0. The molecular weight excluding hydrogens is 308 g/mol. The Morgan fingerprint density at radius 1 is 0.500 bits per heavy atom. The minimum atomic E-state index is 0. The molecule has 0 fully saturated rings. The van der Waals surface area contributed by atoms with Crippen LogP contribution in [-0.4, -0.2) is 46.1 Å². The summed E-state index contributed by atoms with van der Waals surface area (Å²) < 4.78 is 0. The van der Waals surface area contributed by atoms with Crippen molar-refractivity contribution < 1.29 is 29.4 Å². The molecule has 0 unspecified atom stereocenters. The summed E-state index contributed by atoms with van der Waals surface area (Å²) in [5.41, 5.74) is 0. The van der Waals surface area contributed by atoms with Crippen LogP contribution in [0.4, 0.5) is 0 Å². The fourth-order valence-corrected chi connectivity index (χ4v) is 0.684. The Kier molecular flexibility index (Phi) is 33.7. The molecule has 0 saturated carbocycles. The maximum atomic E-state index is 2.89. The Labute approximate surface area is 147 Å². The van der Waals surface area contributed by atoms with E-state index in [1.807, 2.05) is 60.7 Å². The molecule has 0 aliphatic carbocycles. The van der Waals surface area contributed by atoms with Crippen LogP contribution in [0.3, 0.4) is 0 Å². The number of rotatable bonds is 0. The summed E-state index contributed by atoms with van der Waals surface area (Å²) in [5, 5.41) is 0. The molecule has 0 atom stereocenters. The Morgan fingerprint density at radius 2 is 0.750 bits per heavy atom. The smallest absolute Gasteiger partial charge is 1.00 e. The van der Waals surface area contributed by atoms with Gasteiger partial charge in [-0.15, -0.1) is 0 Å². The van der Waals surface area contributed by atoms with Gasteiger partial charge in [0, 0.05) is 0 Å². The summed E-state index contributed by atoms with van der Waals surface area (Å²) in [7, 11) is 0. The number of halogens is 2. The van der Waals surface area contributed by atoms with Gasteiger partial charge in [-0.25, -0.2) is 0 Å². The summed E-state index contributed by atoms with van der Waals surface area (Å²) in [4.78, 5) is 0. The first kappa shape index (κ1) is 25.6. The van der Waals surface area contributed by atoms with Crippen LogP contribution in [0.1, 0.15) is 0 Å². The molecule has 0 amide bonds. The maximum absolute atomic E-state index is 2.89. The minimum Gasteiger partial charge on any atom is -1.00 e. The molecule has 0 bridgehead atoms. The van der Waals surface area contributed by atoms with Crippen molar-refractivity contribution in [3.63, 3.8) is 0 Å². The van der Waals surface area contributed by atoms with E-state index in [1.54, 1.807) is 0 Å². The molecular formula is C12H10BrClMg2. The Morgan fingerprint density at radius 3 is 0.812 bits per heavy atom. The predicted molar refractivity (Wildman–Crippen MR) is 62.1 cm³/mol. The van der Waals surface area contributed by atoms with Gasteiger partial charge in [0.25, 0.3) is 0 Å². The van der Waals surface area contributed by atoms with Crippen molar-refractivity contribution in [2.45, 2.75) is 0 Å². The molecule has 0 nitrogen and oxygen atoms in total. The van der Waals surface area contributed by atoms with Gasteiger partial charge in [0.2, 0.25) is 0 Å². The molecule has 0 aliphatic rings. The van der Waals surface area contributed by atoms with Crippen molar-refractivity contribution in [3.05, 3.63) is 72.8 Å². The van der Waals surface area contributed by atoms with E-state index >= 15 is 0 Å². The van der Waals surface area contributed by atoms with E-state index < -0.39 is 0 Å². The Hall–Kier alpha value is 0.742. The summed E-state index contributed by atoms with van der Waals surface area (Å²) in [5.74, 6) is 0. The molecule has 0 aromatic heterocycles. The van der Waals surface area contributed by atoms with Crippen LogP contribution in [-0.2, 0) is 0 Å². The molecule has 4 heteroatoms. The van der Waals surface area contributed by atoms with Crippen molar-refractivity contribution in [3.8, 4) is 0 Å². The summed E-state index contributed by atoms with van der Waals surface area (Å²) in [6, 6.07) is 25.0. The van der Waals surface area contributed by atoms with Crippen LogP contribution >= 0.6 is 0 Å². The average molecular weight is 318 g/mol. The molecule has 16 heavy (non-hydrogen) atoms. The van der Waals surface area contributed by atoms with Crippen molar-refractivity contribution in [2.75, 3.05) is 0 Å². The van der Waals surface area contributed by atoms with Crippen LogP contribution in [0, 0.1) is 12.1 Å². The molecule has 0 radical (unpaired) electrons. The van der Waals surface area contributed by atoms with Crippen LogP contribution in [0.2, 0.25) is 0 Å². The molecule has 0 heterocycles. The third kappa shape index (κ3) is 17.1. The van der Waals surface area contributed by atoms with Crippen LogP contribution in [0.15, 0.2) is 60.7 Å². The normalized spacial score (nSPS) is 6.00. The largest absolute Gasteiger partial charge is 2.00 e. The Bertz CT molecular complexity index is 194. The van der Waals surface area contributed by atoms with Gasteiger partial charge in [-0.05, 0) is 0 Å². The molecule has 0 saturated heterocycles. The zero-order valence-corrected chi connectivity index (χ0v) is 14.1. The van der Waals surface area contributed by atoms with Crippen LogP contribution in [0.25, 0.3) is 0 Å². The van der Waals surface area contributed by atoms with E-state index in [9.17, 15) is 0 Å². The fourth-order valence-electron chi connectivity index (χ4n) is 0.684. The number of hydrogen-bond donors (Lipinski definition) is 0. The fraction of sp³-hybridized carbons (Fsp3) is 0. The number of benzene rings is 2. The van der Waals surface area contributed by atoms with E-state index in [1.165, 1.54) is 0 Å². The predicted octanol–water partition coefficient (Wildman–Crippen LogP) is -3.78. The van der Waals surface area contributed by atoms with E-state index in [-0.39, 0.29) is 75.5 Å². The second-order valence-electron chi connectivity index (χ2n) is 2.15. The topological polar surface area (TPSA) is 0 Å². The van der Waals surface area contributed by atoms with Crippen LogP contribution in [0.5, 0.6) is 0 Å².